The van der Waals surface area contributed by atoms with Gasteiger partial charge in [0, 0.05) is 6.04 Å². The molecule has 4 N–H and O–H groups in total. The third kappa shape index (κ3) is 6.65. The number of nitrogens with two attached hydrogens (primary N) is 1. The van der Waals surface area contributed by atoms with E-state index in [2.05, 4.69) is 62.6 Å². The standard InChI is InChI=1S/C23H33N3O3S/c1-15(2)18-6-8-20(9-7-18)23(16(3)4)25-14-22(27)26-17(5)19-10-12-21(13-11-19)30(24,28)29/h6-13,15-17,23,25H,14H2,1-5H3,(H,26,27)(H2,24,28,29)/t17-,23+/m0/s1. The number of hydrogen-bond acceptors (Lipinski definition) is 4. The van der Waals surface area contributed by atoms with E-state index in [4.69, 9.17) is 5.14 Å². The number of sulfonamides is 1. The number of rotatable bonds is 9. The highest BCUT2D eigenvalue weighted by Crippen LogP contribution is 2.24. The molecule has 7 heteroatoms. The van der Waals surface area contributed by atoms with Crippen LogP contribution in [0.3, 0.4) is 0 Å². The van der Waals surface area contributed by atoms with Crippen molar-refractivity contribution < 1.29 is 13.2 Å². The first-order chi connectivity index (χ1) is 14.0. The van der Waals surface area contributed by atoms with Gasteiger partial charge in [-0.15, -0.1) is 0 Å². The molecule has 0 saturated heterocycles. The average molecular weight is 432 g/mol. The molecule has 1 amide bonds. The van der Waals surface area contributed by atoms with E-state index in [-0.39, 0.29) is 29.4 Å². The molecule has 0 radical (unpaired) electrons. The van der Waals surface area contributed by atoms with Crippen molar-refractivity contribution >= 4 is 15.9 Å². The van der Waals surface area contributed by atoms with Crippen LogP contribution in [-0.2, 0) is 14.8 Å². The zero-order valence-corrected chi connectivity index (χ0v) is 19.2. The molecule has 0 unspecified atom stereocenters. The predicted molar refractivity (Wildman–Crippen MR) is 120 cm³/mol. The predicted octanol–water partition coefficient (Wildman–Crippen LogP) is 3.62. The molecule has 0 aliphatic rings. The summed E-state index contributed by atoms with van der Waals surface area (Å²) in [6.07, 6.45) is 0. The van der Waals surface area contributed by atoms with Crippen molar-refractivity contribution in [3.05, 3.63) is 65.2 Å². The molecule has 30 heavy (non-hydrogen) atoms. The molecule has 0 bridgehead atoms. The second-order valence-corrected chi connectivity index (χ2v) is 9.89. The Balaban J connectivity index is 1.97. The van der Waals surface area contributed by atoms with Gasteiger partial charge in [-0.25, -0.2) is 13.6 Å². The van der Waals surface area contributed by atoms with Gasteiger partial charge in [0.15, 0.2) is 0 Å². The lowest BCUT2D eigenvalue weighted by Crippen LogP contribution is -2.38. The van der Waals surface area contributed by atoms with Crippen molar-refractivity contribution in [1.29, 1.82) is 0 Å². The van der Waals surface area contributed by atoms with E-state index in [1.807, 2.05) is 6.92 Å². The van der Waals surface area contributed by atoms with Gasteiger partial charge in [0.2, 0.25) is 15.9 Å². The number of benzene rings is 2. The first-order valence-electron chi connectivity index (χ1n) is 10.2. The Hall–Kier alpha value is -2.22. The minimum atomic E-state index is -3.73. The van der Waals surface area contributed by atoms with E-state index in [0.29, 0.717) is 11.8 Å². The average Bonchev–Trinajstić information content (AvgIpc) is 2.67. The summed E-state index contributed by atoms with van der Waals surface area (Å²) in [5.41, 5.74) is 3.26. The fourth-order valence-corrected chi connectivity index (χ4v) is 3.87. The number of primary sulfonamides is 1. The number of hydrogen-bond donors (Lipinski definition) is 3. The number of amides is 1. The third-order valence-corrected chi connectivity index (χ3v) is 6.13. The first kappa shape index (κ1) is 24.1. The molecule has 2 aromatic carbocycles. The van der Waals surface area contributed by atoms with Crippen LogP contribution in [0.4, 0.5) is 0 Å². The largest absolute Gasteiger partial charge is 0.348 e. The van der Waals surface area contributed by atoms with Gasteiger partial charge in [0.05, 0.1) is 17.5 Å². The molecular formula is C23H33N3O3S. The van der Waals surface area contributed by atoms with Crippen molar-refractivity contribution in [2.75, 3.05) is 6.54 Å². The smallest absolute Gasteiger partial charge is 0.238 e. The Morgan fingerprint density at radius 2 is 1.37 bits per heavy atom. The number of carbonyl (C=O) groups is 1. The monoisotopic (exact) mass is 431 g/mol. The lowest BCUT2D eigenvalue weighted by Gasteiger charge is -2.24. The normalized spacial score (nSPS) is 14.0. The molecule has 0 heterocycles. The summed E-state index contributed by atoms with van der Waals surface area (Å²) in [5, 5.41) is 11.4. The van der Waals surface area contributed by atoms with E-state index in [1.54, 1.807) is 12.1 Å². The van der Waals surface area contributed by atoms with E-state index >= 15 is 0 Å². The van der Waals surface area contributed by atoms with Gasteiger partial charge in [-0.2, -0.15) is 0 Å². The number of carbonyl (C=O) groups excluding carboxylic acids is 1. The van der Waals surface area contributed by atoms with Crippen LogP contribution in [0.15, 0.2) is 53.4 Å². The minimum Gasteiger partial charge on any atom is -0.348 e. The highest BCUT2D eigenvalue weighted by Gasteiger charge is 2.18. The maximum atomic E-state index is 12.5. The quantitative estimate of drug-likeness (QED) is 0.564. The Morgan fingerprint density at radius 3 is 1.83 bits per heavy atom. The SMILES string of the molecule is CC(C)c1ccc([C@H](NCC(=O)N[C@@H](C)c2ccc(S(N)(=O)=O)cc2)C(C)C)cc1. The lowest BCUT2D eigenvalue weighted by molar-refractivity contribution is -0.121. The second-order valence-electron chi connectivity index (χ2n) is 8.33. The van der Waals surface area contributed by atoms with Crippen LogP contribution in [0.5, 0.6) is 0 Å². The van der Waals surface area contributed by atoms with Crippen molar-refractivity contribution in [3.8, 4) is 0 Å². The molecule has 6 nitrogen and oxygen atoms in total. The van der Waals surface area contributed by atoms with Crippen LogP contribution < -0.4 is 15.8 Å². The molecule has 0 aromatic heterocycles. The van der Waals surface area contributed by atoms with Crippen molar-refractivity contribution in [2.45, 2.75) is 57.5 Å². The molecule has 2 atom stereocenters. The van der Waals surface area contributed by atoms with Crippen molar-refractivity contribution in [3.63, 3.8) is 0 Å². The van der Waals surface area contributed by atoms with E-state index in [0.717, 1.165) is 11.1 Å². The Kier molecular flexibility index (Phi) is 8.18. The third-order valence-electron chi connectivity index (χ3n) is 5.20. The van der Waals surface area contributed by atoms with Crippen LogP contribution in [0.25, 0.3) is 0 Å². The molecule has 0 spiro atoms. The number of nitrogens with one attached hydrogen (secondary N) is 2. The summed E-state index contributed by atoms with van der Waals surface area (Å²) in [6.45, 7) is 10.6. The molecule has 0 aliphatic carbocycles. The lowest BCUT2D eigenvalue weighted by atomic mass is 9.93. The first-order valence-corrected chi connectivity index (χ1v) is 11.8. The van der Waals surface area contributed by atoms with Crippen LogP contribution in [-0.4, -0.2) is 20.9 Å². The van der Waals surface area contributed by atoms with E-state index in [1.165, 1.54) is 17.7 Å². The van der Waals surface area contributed by atoms with Gasteiger partial charge in [0.1, 0.15) is 0 Å². The van der Waals surface area contributed by atoms with Gasteiger partial charge in [-0.1, -0.05) is 64.1 Å². The molecule has 0 fully saturated rings. The Labute approximate surface area is 180 Å². The molecule has 2 aromatic rings. The zero-order chi connectivity index (χ0) is 22.5. The summed E-state index contributed by atoms with van der Waals surface area (Å²) in [6, 6.07) is 14.6. The molecule has 164 valence electrons. The van der Waals surface area contributed by atoms with Crippen LogP contribution in [0.1, 0.15) is 69.3 Å². The van der Waals surface area contributed by atoms with Crippen LogP contribution in [0, 0.1) is 5.92 Å². The van der Waals surface area contributed by atoms with Crippen LogP contribution in [0.2, 0.25) is 0 Å². The van der Waals surface area contributed by atoms with Gasteiger partial charge in [-0.3, -0.25) is 4.79 Å². The maximum absolute atomic E-state index is 12.5. The second kappa shape index (κ2) is 10.2. The van der Waals surface area contributed by atoms with Gasteiger partial charge in [-0.05, 0) is 47.6 Å². The molecule has 2 rings (SSSR count). The maximum Gasteiger partial charge on any atom is 0.238 e. The zero-order valence-electron chi connectivity index (χ0n) is 18.3. The highest BCUT2D eigenvalue weighted by molar-refractivity contribution is 7.89. The highest BCUT2D eigenvalue weighted by atomic mass is 32.2. The molecule has 0 saturated carbocycles. The van der Waals surface area contributed by atoms with Gasteiger partial charge < -0.3 is 10.6 Å². The summed E-state index contributed by atoms with van der Waals surface area (Å²) in [7, 11) is -3.73. The molecular weight excluding hydrogens is 398 g/mol. The topological polar surface area (TPSA) is 101 Å². The van der Waals surface area contributed by atoms with Gasteiger partial charge in [0.25, 0.3) is 0 Å². The Bertz CT molecular complexity index is 937. The van der Waals surface area contributed by atoms with Gasteiger partial charge >= 0.3 is 0 Å². The Morgan fingerprint density at radius 1 is 0.867 bits per heavy atom. The summed E-state index contributed by atoms with van der Waals surface area (Å²) in [5.74, 6) is 0.684. The molecule has 0 aliphatic heterocycles. The van der Waals surface area contributed by atoms with E-state index < -0.39 is 10.0 Å². The fourth-order valence-electron chi connectivity index (χ4n) is 3.35. The minimum absolute atomic E-state index is 0.0507. The van der Waals surface area contributed by atoms with E-state index in [9.17, 15) is 13.2 Å². The summed E-state index contributed by atoms with van der Waals surface area (Å²) < 4.78 is 22.7. The van der Waals surface area contributed by atoms with Crippen molar-refractivity contribution in [2.24, 2.45) is 11.1 Å². The summed E-state index contributed by atoms with van der Waals surface area (Å²) >= 11 is 0. The summed E-state index contributed by atoms with van der Waals surface area (Å²) in [4.78, 5) is 12.5. The van der Waals surface area contributed by atoms with Crippen molar-refractivity contribution in [1.82, 2.24) is 10.6 Å². The fraction of sp³-hybridized carbons (Fsp3) is 0.435. The van der Waals surface area contributed by atoms with Crippen LogP contribution >= 0.6 is 0 Å².